The molecular weight excluding hydrogens is 324 g/mol. The van der Waals surface area contributed by atoms with Crippen molar-refractivity contribution in [3.63, 3.8) is 0 Å². The van der Waals surface area contributed by atoms with Crippen molar-refractivity contribution in [1.82, 2.24) is 10.2 Å². The Kier molecular flexibility index (Phi) is 6.00. The van der Waals surface area contributed by atoms with E-state index in [1.807, 2.05) is 49.1 Å². The lowest BCUT2D eigenvalue weighted by atomic mass is 9.92. The van der Waals surface area contributed by atoms with E-state index >= 15 is 0 Å². The molecule has 26 heavy (non-hydrogen) atoms. The lowest BCUT2D eigenvalue weighted by molar-refractivity contribution is -0.143. The van der Waals surface area contributed by atoms with Gasteiger partial charge in [0.2, 0.25) is 11.8 Å². The quantitative estimate of drug-likeness (QED) is 0.871. The number of benzene rings is 1. The molecule has 2 fully saturated rings. The summed E-state index contributed by atoms with van der Waals surface area (Å²) in [5.74, 6) is 0.105. The van der Waals surface area contributed by atoms with Crippen LogP contribution in [0, 0.1) is 0 Å². The van der Waals surface area contributed by atoms with Crippen molar-refractivity contribution < 1.29 is 9.59 Å². The number of amides is 2. The smallest absolute Gasteiger partial charge is 0.245 e. The highest BCUT2D eigenvalue weighted by Crippen LogP contribution is 2.38. The predicted molar refractivity (Wildman–Crippen MR) is 104 cm³/mol. The molecule has 4 nitrogen and oxygen atoms in total. The van der Waals surface area contributed by atoms with Gasteiger partial charge in [0, 0.05) is 12.5 Å². The lowest BCUT2D eigenvalue weighted by Gasteiger charge is -2.39. The van der Waals surface area contributed by atoms with Crippen molar-refractivity contribution >= 4 is 11.8 Å². The van der Waals surface area contributed by atoms with Crippen LogP contribution in [0.5, 0.6) is 0 Å². The highest BCUT2D eigenvalue weighted by molar-refractivity contribution is 5.94. The van der Waals surface area contributed by atoms with Crippen LogP contribution < -0.4 is 5.32 Å². The van der Waals surface area contributed by atoms with Crippen LogP contribution in [-0.2, 0) is 9.59 Å². The van der Waals surface area contributed by atoms with Crippen LogP contribution in [0.4, 0.5) is 0 Å². The summed E-state index contributed by atoms with van der Waals surface area (Å²) in [6.07, 6.45) is 9.38. The molecule has 2 atom stereocenters. The first-order valence-corrected chi connectivity index (χ1v) is 10.2. The Balaban J connectivity index is 1.75. The minimum atomic E-state index is -0.755. The second-order valence-corrected chi connectivity index (χ2v) is 8.14. The molecule has 1 heterocycles. The number of nitrogens with zero attached hydrogens (tertiary/aromatic N) is 1. The molecule has 1 saturated heterocycles. The zero-order valence-electron chi connectivity index (χ0n) is 16.2. The first-order valence-electron chi connectivity index (χ1n) is 10.2. The summed E-state index contributed by atoms with van der Waals surface area (Å²) in [7, 11) is 0. The van der Waals surface area contributed by atoms with Gasteiger partial charge in [0.15, 0.2) is 0 Å². The van der Waals surface area contributed by atoms with E-state index in [2.05, 4.69) is 5.32 Å². The number of carbonyl (C=O) groups excluding carboxylic acids is 2. The zero-order valence-corrected chi connectivity index (χ0v) is 16.2. The first-order chi connectivity index (χ1) is 12.5. The van der Waals surface area contributed by atoms with Gasteiger partial charge in [-0.3, -0.25) is 9.59 Å². The Morgan fingerprint density at radius 3 is 2.38 bits per heavy atom. The molecule has 3 rings (SSSR count). The molecule has 0 unspecified atom stereocenters. The maximum atomic E-state index is 13.2. The van der Waals surface area contributed by atoms with Gasteiger partial charge in [0.1, 0.15) is 5.54 Å². The van der Waals surface area contributed by atoms with Crippen molar-refractivity contribution in [3.8, 4) is 0 Å². The molecule has 1 N–H and O–H groups in total. The van der Waals surface area contributed by atoms with Crippen LogP contribution in [0.25, 0.3) is 0 Å². The molecule has 0 aromatic heterocycles. The fraction of sp³-hybridized carbons (Fsp3) is 0.636. The molecule has 1 aromatic carbocycles. The first kappa shape index (κ1) is 18.9. The van der Waals surface area contributed by atoms with Crippen LogP contribution in [0.15, 0.2) is 30.3 Å². The van der Waals surface area contributed by atoms with Gasteiger partial charge in [0.25, 0.3) is 0 Å². The summed E-state index contributed by atoms with van der Waals surface area (Å²) >= 11 is 0. The Bertz CT molecular complexity index is 622. The molecule has 0 bridgehead atoms. The van der Waals surface area contributed by atoms with Gasteiger partial charge in [-0.1, -0.05) is 62.4 Å². The molecule has 0 radical (unpaired) electrons. The van der Waals surface area contributed by atoms with E-state index in [9.17, 15) is 9.59 Å². The summed E-state index contributed by atoms with van der Waals surface area (Å²) in [5.41, 5.74) is 0.321. The van der Waals surface area contributed by atoms with E-state index in [0.29, 0.717) is 12.8 Å². The number of hydrogen-bond donors (Lipinski definition) is 1. The standard InChI is InChI=1S/C22H32N2O2/c1-17(18-11-7-6-8-12-18)24-20(25)15-16-22(24,2)21(26)23-19-13-9-4-3-5-10-14-19/h6-8,11-12,17,19H,3-5,9-10,13-16H2,1-2H3,(H,23,26)/t17-,22+/m1/s1. The highest BCUT2D eigenvalue weighted by Gasteiger charge is 2.49. The summed E-state index contributed by atoms with van der Waals surface area (Å²) in [6, 6.07) is 10.2. The zero-order chi connectivity index (χ0) is 18.6. The van der Waals surface area contributed by atoms with E-state index < -0.39 is 5.54 Å². The second-order valence-electron chi connectivity index (χ2n) is 8.14. The predicted octanol–water partition coefficient (Wildman–Crippen LogP) is 4.36. The summed E-state index contributed by atoms with van der Waals surface area (Å²) in [6.45, 7) is 3.97. The molecule has 142 valence electrons. The summed E-state index contributed by atoms with van der Waals surface area (Å²) < 4.78 is 0. The maximum absolute atomic E-state index is 13.2. The number of likely N-dealkylation sites (tertiary alicyclic amines) is 1. The molecule has 2 aliphatic rings. The van der Waals surface area contributed by atoms with E-state index in [1.165, 1.54) is 32.1 Å². The Hall–Kier alpha value is -1.84. The lowest BCUT2D eigenvalue weighted by Crippen LogP contribution is -2.57. The van der Waals surface area contributed by atoms with Crippen molar-refractivity contribution in [2.45, 2.75) is 89.3 Å². The highest BCUT2D eigenvalue weighted by atomic mass is 16.2. The molecule has 2 amide bonds. The number of hydrogen-bond acceptors (Lipinski definition) is 2. The fourth-order valence-corrected chi connectivity index (χ4v) is 4.55. The van der Waals surface area contributed by atoms with Crippen molar-refractivity contribution in [3.05, 3.63) is 35.9 Å². The molecule has 1 saturated carbocycles. The summed E-state index contributed by atoms with van der Waals surface area (Å²) in [4.78, 5) is 27.7. The number of nitrogens with one attached hydrogen (secondary N) is 1. The fourth-order valence-electron chi connectivity index (χ4n) is 4.55. The van der Waals surface area contributed by atoms with Gasteiger partial charge >= 0.3 is 0 Å². The van der Waals surface area contributed by atoms with Crippen LogP contribution in [-0.4, -0.2) is 28.3 Å². The van der Waals surface area contributed by atoms with Gasteiger partial charge < -0.3 is 10.2 Å². The van der Waals surface area contributed by atoms with Gasteiger partial charge in [-0.05, 0) is 38.7 Å². The average Bonchev–Trinajstić information content (AvgIpc) is 2.93. The molecule has 4 heteroatoms. The summed E-state index contributed by atoms with van der Waals surface area (Å²) in [5, 5.41) is 3.29. The Morgan fingerprint density at radius 1 is 1.12 bits per heavy atom. The van der Waals surface area contributed by atoms with Crippen LogP contribution >= 0.6 is 0 Å². The molecule has 1 aliphatic carbocycles. The molecule has 1 aliphatic heterocycles. The minimum absolute atomic E-state index is 0.0247. The van der Waals surface area contributed by atoms with Crippen molar-refractivity contribution in [2.24, 2.45) is 0 Å². The van der Waals surface area contributed by atoms with Crippen LogP contribution in [0.2, 0.25) is 0 Å². The molecular formula is C22H32N2O2. The topological polar surface area (TPSA) is 49.4 Å². The largest absolute Gasteiger partial charge is 0.351 e. The van der Waals surface area contributed by atoms with E-state index in [4.69, 9.17) is 0 Å². The van der Waals surface area contributed by atoms with Crippen molar-refractivity contribution in [2.75, 3.05) is 0 Å². The third-order valence-electron chi connectivity index (χ3n) is 6.22. The number of carbonyl (C=O) groups is 2. The monoisotopic (exact) mass is 356 g/mol. The van der Waals surface area contributed by atoms with Gasteiger partial charge in [-0.25, -0.2) is 0 Å². The van der Waals surface area contributed by atoms with E-state index in [0.717, 1.165) is 18.4 Å². The second kappa shape index (κ2) is 8.24. The Labute approximate surface area is 157 Å². The molecule has 0 spiro atoms. The number of rotatable bonds is 4. The van der Waals surface area contributed by atoms with Gasteiger partial charge in [-0.2, -0.15) is 0 Å². The van der Waals surface area contributed by atoms with Crippen LogP contribution in [0.3, 0.4) is 0 Å². The van der Waals surface area contributed by atoms with Gasteiger partial charge in [-0.15, -0.1) is 0 Å². The minimum Gasteiger partial charge on any atom is -0.351 e. The van der Waals surface area contributed by atoms with Gasteiger partial charge in [0.05, 0.1) is 6.04 Å². The van der Waals surface area contributed by atoms with E-state index in [1.54, 1.807) is 0 Å². The normalized spacial score (nSPS) is 26.2. The van der Waals surface area contributed by atoms with Crippen LogP contribution in [0.1, 0.15) is 83.2 Å². The van der Waals surface area contributed by atoms with Crippen molar-refractivity contribution in [1.29, 1.82) is 0 Å². The SMILES string of the molecule is C[C@H](c1ccccc1)N1C(=O)CC[C@@]1(C)C(=O)NC1CCCCCCC1. The van der Waals surface area contributed by atoms with E-state index in [-0.39, 0.29) is 23.9 Å². The Morgan fingerprint density at radius 2 is 1.73 bits per heavy atom. The third-order valence-corrected chi connectivity index (χ3v) is 6.22. The third kappa shape index (κ3) is 3.94. The molecule has 1 aromatic rings. The average molecular weight is 357 g/mol. The maximum Gasteiger partial charge on any atom is 0.245 e.